The van der Waals surface area contributed by atoms with E-state index in [1.807, 2.05) is 23.7 Å². The maximum Gasteiger partial charge on any atom is 0.165 e. The van der Waals surface area contributed by atoms with Gasteiger partial charge < -0.3 is 5.32 Å². The number of rotatable bonds is 6. The number of nitrogens with zero attached hydrogens (tertiary/aromatic N) is 3. The summed E-state index contributed by atoms with van der Waals surface area (Å²) in [6.45, 7) is 6.34. The molecule has 0 amide bonds. The Hall–Kier alpha value is -3.14. The summed E-state index contributed by atoms with van der Waals surface area (Å²) >= 11 is 0. The molecule has 142 valence electrons. The van der Waals surface area contributed by atoms with Crippen LogP contribution in [-0.4, -0.2) is 14.6 Å². The minimum absolute atomic E-state index is 0.867. The van der Waals surface area contributed by atoms with Gasteiger partial charge in [-0.2, -0.15) is 9.61 Å². The molecule has 0 bridgehead atoms. The third kappa shape index (κ3) is 3.77. The molecule has 0 aliphatic heterocycles. The van der Waals surface area contributed by atoms with Crippen molar-refractivity contribution in [3.63, 3.8) is 0 Å². The Morgan fingerprint density at radius 3 is 2.43 bits per heavy atom. The number of benzene rings is 2. The van der Waals surface area contributed by atoms with Gasteiger partial charge in [-0.25, -0.2) is 4.98 Å². The summed E-state index contributed by atoms with van der Waals surface area (Å²) in [4.78, 5) is 4.75. The van der Waals surface area contributed by atoms with E-state index in [0.29, 0.717) is 0 Å². The zero-order chi connectivity index (χ0) is 19.5. The number of aryl methyl sites for hydroxylation is 3. The Balaban J connectivity index is 1.67. The highest BCUT2D eigenvalue weighted by Gasteiger charge is 2.12. The van der Waals surface area contributed by atoms with E-state index < -0.39 is 0 Å². The van der Waals surface area contributed by atoms with Crippen molar-refractivity contribution in [2.24, 2.45) is 0 Å². The number of hydrogen-bond acceptors (Lipinski definition) is 3. The predicted octanol–water partition coefficient (Wildman–Crippen LogP) is 6.10. The van der Waals surface area contributed by atoms with Crippen molar-refractivity contribution in [2.45, 2.75) is 40.0 Å². The number of unbranched alkanes of at least 4 members (excludes halogenated alkanes) is 1. The molecule has 0 spiro atoms. The molecule has 2 aromatic heterocycles. The molecule has 0 aliphatic carbocycles. The zero-order valence-corrected chi connectivity index (χ0v) is 16.7. The molecule has 4 rings (SSSR count). The molecule has 0 saturated carbocycles. The summed E-state index contributed by atoms with van der Waals surface area (Å²) < 4.78 is 1.88. The van der Waals surface area contributed by atoms with Crippen molar-refractivity contribution in [2.75, 3.05) is 5.32 Å². The second kappa shape index (κ2) is 7.85. The lowest BCUT2D eigenvalue weighted by Gasteiger charge is -2.11. The smallest absolute Gasteiger partial charge is 0.165 e. The highest BCUT2D eigenvalue weighted by Crippen LogP contribution is 2.27. The number of aromatic nitrogens is 3. The fourth-order valence-corrected chi connectivity index (χ4v) is 3.39. The molecule has 4 heteroatoms. The Morgan fingerprint density at radius 1 is 0.964 bits per heavy atom. The molecule has 0 aliphatic rings. The molecule has 4 aromatic rings. The number of fused-ring (bicyclic) bond motifs is 1. The van der Waals surface area contributed by atoms with E-state index in [-0.39, 0.29) is 0 Å². The van der Waals surface area contributed by atoms with Gasteiger partial charge in [0, 0.05) is 23.0 Å². The Kier molecular flexibility index (Phi) is 5.11. The van der Waals surface area contributed by atoms with Crippen LogP contribution in [0.2, 0.25) is 0 Å². The van der Waals surface area contributed by atoms with Crippen LogP contribution in [0, 0.1) is 13.8 Å². The van der Waals surface area contributed by atoms with Crippen LogP contribution in [0.3, 0.4) is 0 Å². The summed E-state index contributed by atoms with van der Waals surface area (Å²) in [5, 5.41) is 8.11. The van der Waals surface area contributed by atoms with Crippen LogP contribution in [0.1, 0.15) is 36.6 Å². The van der Waals surface area contributed by atoms with Gasteiger partial charge >= 0.3 is 0 Å². The summed E-state index contributed by atoms with van der Waals surface area (Å²) in [5.41, 5.74) is 7.68. The normalized spacial score (nSPS) is 11.1. The Bertz CT molecular complexity index is 1080. The molecule has 0 saturated heterocycles. The molecule has 4 nitrogen and oxygen atoms in total. The van der Waals surface area contributed by atoms with Crippen LogP contribution in [0.15, 0.2) is 60.8 Å². The summed E-state index contributed by atoms with van der Waals surface area (Å²) in [7, 11) is 0. The maximum absolute atomic E-state index is 4.75. The largest absolute Gasteiger partial charge is 0.340 e. The average Bonchev–Trinajstić information content (AvgIpc) is 3.12. The standard InChI is InChI=1S/C24H26N4/c1-4-5-6-19-9-13-21(14-10-19)27-23-15-18(3)26-24-22(16-25-28(23)24)20-11-7-17(2)8-12-20/h7-16,27H,4-6H2,1-3H3. The lowest BCUT2D eigenvalue weighted by Crippen LogP contribution is -2.02. The van der Waals surface area contributed by atoms with Crippen LogP contribution in [0.5, 0.6) is 0 Å². The zero-order valence-electron chi connectivity index (χ0n) is 16.7. The van der Waals surface area contributed by atoms with Gasteiger partial charge in [0.1, 0.15) is 5.82 Å². The van der Waals surface area contributed by atoms with E-state index in [9.17, 15) is 0 Å². The van der Waals surface area contributed by atoms with Crippen molar-refractivity contribution >= 4 is 17.2 Å². The van der Waals surface area contributed by atoms with Gasteiger partial charge in [0.2, 0.25) is 0 Å². The molecule has 2 heterocycles. The SMILES string of the molecule is CCCCc1ccc(Nc2cc(C)nc3c(-c4ccc(C)cc4)cnn23)cc1. The fraction of sp³-hybridized carbons (Fsp3) is 0.250. The molecule has 1 N–H and O–H groups in total. The average molecular weight is 371 g/mol. The van der Waals surface area contributed by atoms with Crippen molar-refractivity contribution in [3.8, 4) is 11.1 Å². The highest BCUT2D eigenvalue weighted by molar-refractivity contribution is 5.78. The highest BCUT2D eigenvalue weighted by atomic mass is 15.3. The maximum atomic E-state index is 4.75. The third-order valence-electron chi connectivity index (χ3n) is 5.01. The van der Waals surface area contributed by atoms with Gasteiger partial charge in [-0.1, -0.05) is 55.3 Å². The summed E-state index contributed by atoms with van der Waals surface area (Å²) in [5.74, 6) is 0.919. The lowest BCUT2D eigenvalue weighted by molar-refractivity contribution is 0.795. The van der Waals surface area contributed by atoms with Gasteiger partial charge in [-0.3, -0.25) is 0 Å². The van der Waals surface area contributed by atoms with E-state index in [1.165, 1.54) is 24.0 Å². The topological polar surface area (TPSA) is 42.2 Å². The first kappa shape index (κ1) is 18.2. The third-order valence-corrected chi connectivity index (χ3v) is 5.01. The summed E-state index contributed by atoms with van der Waals surface area (Å²) in [6, 6.07) is 19.2. The van der Waals surface area contributed by atoms with Crippen molar-refractivity contribution in [1.82, 2.24) is 14.6 Å². The van der Waals surface area contributed by atoms with Crippen LogP contribution in [-0.2, 0) is 6.42 Å². The number of anilines is 2. The van der Waals surface area contributed by atoms with Crippen molar-refractivity contribution in [3.05, 3.63) is 77.6 Å². The quantitative estimate of drug-likeness (QED) is 0.446. The van der Waals surface area contributed by atoms with Crippen LogP contribution in [0.25, 0.3) is 16.8 Å². The van der Waals surface area contributed by atoms with Crippen LogP contribution >= 0.6 is 0 Å². The van der Waals surface area contributed by atoms with Crippen molar-refractivity contribution in [1.29, 1.82) is 0 Å². The molecule has 2 aromatic carbocycles. The Labute approximate surface area is 166 Å². The minimum atomic E-state index is 0.867. The molecule has 28 heavy (non-hydrogen) atoms. The van der Waals surface area contributed by atoms with E-state index in [0.717, 1.165) is 40.4 Å². The van der Waals surface area contributed by atoms with E-state index in [2.05, 4.69) is 72.8 Å². The first-order valence-electron chi connectivity index (χ1n) is 9.92. The second-order valence-corrected chi connectivity index (χ2v) is 7.37. The minimum Gasteiger partial charge on any atom is -0.340 e. The van der Waals surface area contributed by atoms with Crippen LogP contribution in [0.4, 0.5) is 11.5 Å². The molecule has 0 unspecified atom stereocenters. The first-order chi connectivity index (χ1) is 13.6. The molecule has 0 fully saturated rings. The van der Waals surface area contributed by atoms with Gasteiger partial charge in [0.25, 0.3) is 0 Å². The molecule has 0 atom stereocenters. The molecular formula is C24H26N4. The van der Waals surface area contributed by atoms with Gasteiger partial charge in [-0.05, 0) is 49.9 Å². The van der Waals surface area contributed by atoms with Crippen LogP contribution < -0.4 is 5.32 Å². The monoisotopic (exact) mass is 370 g/mol. The van der Waals surface area contributed by atoms with Gasteiger partial charge in [0.05, 0.1) is 6.20 Å². The number of nitrogens with one attached hydrogen (secondary N) is 1. The number of hydrogen-bond donors (Lipinski definition) is 1. The summed E-state index contributed by atoms with van der Waals surface area (Å²) in [6.07, 6.45) is 5.48. The lowest BCUT2D eigenvalue weighted by atomic mass is 10.1. The van der Waals surface area contributed by atoms with E-state index >= 15 is 0 Å². The Morgan fingerprint density at radius 2 is 1.71 bits per heavy atom. The second-order valence-electron chi connectivity index (χ2n) is 7.37. The van der Waals surface area contributed by atoms with E-state index in [4.69, 9.17) is 4.98 Å². The molecular weight excluding hydrogens is 344 g/mol. The van der Waals surface area contributed by atoms with Gasteiger partial charge in [0.15, 0.2) is 5.65 Å². The first-order valence-corrected chi connectivity index (χ1v) is 9.92. The van der Waals surface area contributed by atoms with Gasteiger partial charge in [-0.15, -0.1) is 0 Å². The predicted molar refractivity (Wildman–Crippen MR) is 116 cm³/mol. The van der Waals surface area contributed by atoms with Crippen molar-refractivity contribution < 1.29 is 0 Å². The fourth-order valence-electron chi connectivity index (χ4n) is 3.39. The van der Waals surface area contributed by atoms with E-state index in [1.54, 1.807) is 0 Å². The molecule has 0 radical (unpaired) electrons.